The summed E-state index contributed by atoms with van der Waals surface area (Å²) in [5.41, 5.74) is 1.38. The summed E-state index contributed by atoms with van der Waals surface area (Å²) in [6.45, 7) is -0.265. The van der Waals surface area contributed by atoms with Crippen molar-refractivity contribution in [3.05, 3.63) is 35.7 Å². The molecule has 9 heteroatoms. The van der Waals surface area contributed by atoms with Gasteiger partial charge in [-0.3, -0.25) is 4.79 Å². The molecule has 0 fully saturated rings. The Hall–Kier alpha value is -2.23. The maximum absolute atomic E-state index is 11.9. The third-order valence-corrected chi connectivity index (χ3v) is 5.38. The minimum Gasteiger partial charge on any atom is -0.454 e. The Balaban J connectivity index is 1.72. The summed E-state index contributed by atoms with van der Waals surface area (Å²) in [5, 5.41) is 5.72. The summed E-state index contributed by atoms with van der Waals surface area (Å²) in [4.78, 5) is 16.2. The molecule has 24 heavy (non-hydrogen) atoms. The van der Waals surface area contributed by atoms with Crippen molar-refractivity contribution in [3.63, 3.8) is 0 Å². The van der Waals surface area contributed by atoms with Gasteiger partial charge >= 0.3 is 0 Å². The summed E-state index contributed by atoms with van der Waals surface area (Å²) in [6, 6.07) is 9.51. The van der Waals surface area contributed by atoms with E-state index >= 15 is 0 Å². The predicted octanol–water partition coefficient (Wildman–Crippen LogP) is 2.39. The van der Waals surface area contributed by atoms with Gasteiger partial charge in [0.25, 0.3) is 0 Å². The molecule has 0 unspecified atom stereocenters. The standard InChI is InChI=1S/C15H15N3O4S2/c1-18(24(2,20)21)8-14(19)17-15-16-11(9-23-15)13-7-10-5-3-4-6-12(10)22-13/h3-7,9H,8H2,1-2H3,(H,16,17,19). The number of benzene rings is 1. The van der Waals surface area contributed by atoms with Crippen molar-refractivity contribution in [2.45, 2.75) is 0 Å². The molecular formula is C15H15N3O4S2. The molecule has 2 heterocycles. The van der Waals surface area contributed by atoms with Crippen LogP contribution in [0.5, 0.6) is 0 Å². The first-order valence-corrected chi connectivity index (χ1v) is 9.71. The Labute approximate surface area is 143 Å². The van der Waals surface area contributed by atoms with E-state index < -0.39 is 15.9 Å². The molecule has 2 aromatic heterocycles. The van der Waals surface area contributed by atoms with Gasteiger partial charge in [0.2, 0.25) is 15.9 Å². The number of thiazole rings is 1. The predicted molar refractivity (Wildman–Crippen MR) is 93.4 cm³/mol. The van der Waals surface area contributed by atoms with E-state index in [9.17, 15) is 13.2 Å². The number of hydrogen-bond acceptors (Lipinski definition) is 6. The second kappa shape index (κ2) is 6.34. The van der Waals surface area contributed by atoms with E-state index in [0.717, 1.165) is 21.5 Å². The van der Waals surface area contributed by atoms with Crippen LogP contribution in [0.25, 0.3) is 22.4 Å². The lowest BCUT2D eigenvalue weighted by Crippen LogP contribution is -2.34. The smallest absolute Gasteiger partial charge is 0.241 e. The number of hydrogen-bond donors (Lipinski definition) is 1. The van der Waals surface area contributed by atoms with Gasteiger partial charge in [-0.2, -0.15) is 4.31 Å². The number of rotatable bonds is 5. The fraction of sp³-hybridized carbons (Fsp3) is 0.200. The first-order chi connectivity index (χ1) is 11.3. The Morgan fingerprint density at radius 3 is 2.83 bits per heavy atom. The molecular weight excluding hydrogens is 350 g/mol. The second-order valence-electron chi connectivity index (χ2n) is 5.25. The Morgan fingerprint density at radius 1 is 1.38 bits per heavy atom. The minimum atomic E-state index is -3.40. The average molecular weight is 365 g/mol. The van der Waals surface area contributed by atoms with E-state index in [1.165, 1.54) is 18.4 Å². The monoisotopic (exact) mass is 365 g/mol. The van der Waals surface area contributed by atoms with E-state index in [1.807, 2.05) is 30.3 Å². The third-order valence-electron chi connectivity index (χ3n) is 3.36. The zero-order valence-corrected chi connectivity index (χ0v) is 14.6. The Morgan fingerprint density at radius 2 is 2.12 bits per heavy atom. The highest BCUT2D eigenvalue weighted by molar-refractivity contribution is 7.88. The molecule has 1 aromatic carbocycles. The number of sulfonamides is 1. The van der Waals surface area contributed by atoms with Crippen LogP contribution in [-0.2, 0) is 14.8 Å². The van der Waals surface area contributed by atoms with Gasteiger partial charge in [0.15, 0.2) is 10.9 Å². The normalized spacial score (nSPS) is 12.0. The van der Waals surface area contributed by atoms with Crippen LogP contribution < -0.4 is 5.32 Å². The van der Waals surface area contributed by atoms with Crippen LogP contribution in [0.4, 0.5) is 5.13 Å². The molecule has 3 rings (SSSR count). The van der Waals surface area contributed by atoms with Crippen LogP contribution in [0.2, 0.25) is 0 Å². The highest BCUT2D eigenvalue weighted by Crippen LogP contribution is 2.30. The van der Waals surface area contributed by atoms with E-state index in [0.29, 0.717) is 16.6 Å². The largest absolute Gasteiger partial charge is 0.454 e. The van der Waals surface area contributed by atoms with Gasteiger partial charge in [-0.15, -0.1) is 11.3 Å². The highest BCUT2D eigenvalue weighted by Gasteiger charge is 2.17. The third kappa shape index (κ3) is 3.64. The highest BCUT2D eigenvalue weighted by atomic mass is 32.2. The van der Waals surface area contributed by atoms with Gasteiger partial charge in [-0.1, -0.05) is 18.2 Å². The molecule has 126 valence electrons. The van der Waals surface area contributed by atoms with Gasteiger partial charge in [0, 0.05) is 17.8 Å². The molecule has 0 radical (unpaired) electrons. The molecule has 1 amide bonds. The van der Waals surface area contributed by atoms with Crippen LogP contribution in [0.15, 0.2) is 40.1 Å². The summed E-state index contributed by atoms with van der Waals surface area (Å²) in [7, 11) is -2.06. The molecule has 0 spiro atoms. The minimum absolute atomic E-state index is 0.265. The number of para-hydroxylation sites is 1. The lowest BCUT2D eigenvalue weighted by molar-refractivity contribution is -0.116. The molecule has 0 aliphatic carbocycles. The van der Waals surface area contributed by atoms with Crippen LogP contribution in [-0.4, -0.2) is 43.5 Å². The van der Waals surface area contributed by atoms with Gasteiger partial charge in [-0.25, -0.2) is 13.4 Å². The van der Waals surface area contributed by atoms with Crippen LogP contribution in [0.1, 0.15) is 0 Å². The fourth-order valence-corrected chi connectivity index (χ4v) is 3.10. The zero-order chi connectivity index (χ0) is 17.3. The van der Waals surface area contributed by atoms with E-state index in [4.69, 9.17) is 4.42 Å². The average Bonchev–Trinajstić information content (AvgIpc) is 3.11. The molecule has 1 N–H and O–H groups in total. The van der Waals surface area contributed by atoms with Crippen molar-refractivity contribution < 1.29 is 17.6 Å². The number of anilines is 1. The van der Waals surface area contributed by atoms with Crippen molar-refractivity contribution in [3.8, 4) is 11.5 Å². The number of carbonyl (C=O) groups excluding carboxylic acids is 1. The lowest BCUT2D eigenvalue weighted by Gasteiger charge is -2.12. The first kappa shape index (κ1) is 16.6. The number of carbonyl (C=O) groups is 1. The summed E-state index contributed by atoms with van der Waals surface area (Å²) in [6.07, 6.45) is 1.04. The molecule has 0 bridgehead atoms. The van der Waals surface area contributed by atoms with E-state index in [2.05, 4.69) is 10.3 Å². The topological polar surface area (TPSA) is 92.5 Å². The maximum Gasteiger partial charge on any atom is 0.241 e. The number of amides is 1. The number of aromatic nitrogens is 1. The number of nitrogens with one attached hydrogen (secondary N) is 1. The van der Waals surface area contributed by atoms with Gasteiger partial charge in [-0.05, 0) is 12.1 Å². The van der Waals surface area contributed by atoms with Gasteiger partial charge in [0.05, 0.1) is 12.8 Å². The zero-order valence-electron chi connectivity index (χ0n) is 13.0. The molecule has 3 aromatic rings. The molecule has 7 nitrogen and oxygen atoms in total. The SMILES string of the molecule is CN(CC(=O)Nc1nc(-c2cc3ccccc3o2)cs1)S(C)(=O)=O. The van der Waals surface area contributed by atoms with Crippen LogP contribution >= 0.6 is 11.3 Å². The summed E-state index contributed by atoms with van der Waals surface area (Å²) >= 11 is 1.25. The van der Waals surface area contributed by atoms with Gasteiger partial charge < -0.3 is 9.73 Å². The number of nitrogens with zero attached hydrogens (tertiary/aromatic N) is 2. The Kier molecular flexibility index (Phi) is 4.39. The van der Waals surface area contributed by atoms with Crippen molar-refractivity contribution in [2.75, 3.05) is 25.2 Å². The van der Waals surface area contributed by atoms with Crippen LogP contribution in [0, 0.1) is 0 Å². The van der Waals surface area contributed by atoms with Gasteiger partial charge in [0.1, 0.15) is 11.3 Å². The van der Waals surface area contributed by atoms with Crippen LogP contribution in [0.3, 0.4) is 0 Å². The fourth-order valence-electron chi connectivity index (χ4n) is 2.03. The van der Waals surface area contributed by atoms with Crippen molar-refractivity contribution >= 4 is 43.4 Å². The molecule has 0 aliphatic rings. The lowest BCUT2D eigenvalue weighted by atomic mass is 10.2. The van der Waals surface area contributed by atoms with Crippen molar-refractivity contribution in [1.82, 2.24) is 9.29 Å². The maximum atomic E-state index is 11.9. The van der Waals surface area contributed by atoms with Crippen molar-refractivity contribution in [1.29, 1.82) is 0 Å². The molecule has 0 atom stereocenters. The van der Waals surface area contributed by atoms with E-state index in [1.54, 1.807) is 5.38 Å². The summed E-state index contributed by atoms with van der Waals surface area (Å²) < 4.78 is 29.3. The molecule has 0 aliphatic heterocycles. The Bertz CT molecular complexity index is 958. The quantitative estimate of drug-likeness (QED) is 0.749. The number of fused-ring (bicyclic) bond motifs is 1. The van der Waals surface area contributed by atoms with E-state index in [-0.39, 0.29) is 6.54 Å². The van der Waals surface area contributed by atoms with Crippen molar-refractivity contribution in [2.24, 2.45) is 0 Å². The first-order valence-electron chi connectivity index (χ1n) is 6.98. The summed E-state index contributed by atoms with van der Waals surface area (Å²) in [5.74, 6) is 0.162. The molecule has 0 saturated carbocycles. The second-order valence-corrected chi connectivity index (χ2v) is 8.20. The molecule has 0 saturated heterocycles. The number of furan rings is 1. The number of likely N-dealkylation sites (N-methyl/N-ethyl adjacent to an activating group) is 1.